The number of nitrogens with two attached hydrogens (primary N) is 1. The van der Waals surface area contributed by atoms with Crippen molar-refractivity contribution in [1.29, 1.82) is 0 Å². The lowest BCUT2D eigenvalue weighted by atomic mass is 10.0. The molecule has 120 valence electrons. The highest BCUT2D eigenvalue weighted by atomic mass is 32.1. The first-order chi connectivity index (χ1) is 11.9. The molecule has 4 rings (SSSR count). The highest BCUT2D eigenvalue weighted by Gasteiger charge is 2.14. The first-order valence-corrected chi connectivity index (χ1v) is 9.05. The van der Waals surface area contributed by atoms with E-state index in [4.69, 9.17) is 10.7 Å². The average molecular weight is 333 g/mol. The molecule has 0 amide bonds. The number of aromatic nitrogens is 2. The monoisotopic (exact) mass is 333 g/mol. The Morgan fingerprint density at radius 2 is 1.62 bits per heavy atom. The number of rotatable bonds is 5. The van der Waals surface area contributed by atoms with Gasteiger partial charge in [0.15, 0.2) is 4.96 Å². The number of nitrogens with zero attached hydrogens (tertiary/aromatic N) is 2. The van der Waals surface area contributed by atoms with Crippen LogP contribution in [-0.2, 0) is 6.42 Å². The molecule has 0 atom stereocenters. The summed E-state index contributed by atoms with van der Waals surface area (Å²) in [6, 6.07) is 19.1. The molecule has 0 aliphatic rings. The summed E-state index contributed by atoms with van der Waals surface area (Å²) in [7, 11) is 0. The zero-order chi connectivity index (χ0) is 16.4. The third kappa shape index (κ3) is 2.75. The molecular weight excluding hydrogens is 314 g/mol. The number of thiazole rings is 1. The summed E-state index contributed by atoms with van der Waals surface area (Å²) >= 11 is 1.67. The van der Waals surface area contributed by atoms with E-state index in [2.05, 4.69) is 64.5 Å². The Hall–Kier alpha value is -2.43. The first kappa shape index (κ1) is 15.1. The Morgan fingerprint density at radius 3 is 2.38 bits per heavy atom. The molecule has 0 spiro atoms. The third-order valence-electron chi connectivity index (χ3n) is 4.24. The summed E-state index contributed by atoms with van der Waals surface area (Å²) in [5.41, 5.74) is 11.7. The normalized spacial score (nSPS) is 11.2. The Bertz CT molecular complexity index is 936. The average Bonchev–Trinajstić information content (AvgIpc) is 3.22. The smallest absolute Gasteiger partial charge is 0.194 e. The minimum atomic E-state index is 0.698. The van der Waals surface area contributed by atoms with Gasteiger partial charge in [-0.3, -0.25) is 4.40 Å². The molecule has 0 aliphatic heterocycles. The van der Waals surface area contributed by atoms with Crippen molar-refractivity contribution >= 4 is 16.3 Å². The van der Waals surface area contributed by atoms with Crippen molar-refractivity contribution in [2.45, 2.75) is 12.8 Å². The SMILES string of the molecule is NCCCc1c(-c2ccc(-c3ccccc3)cc2)nc2sccn12. The van der Waals surface area contributed by atoms with E-state index in [1.807, 2.05) is 6.07 Å². The molecule has 3 nitrogen and oxygen atoms in total. The van der Waals surface area contributed by atoms with Crippen LogP contribution >= 0.6 is 11.3 Å². The van der Waals surface area contributed by atoms with Gasteiger partial charge in [0.1, 0.15) is 0 Å². The molecule has 0 aliphatic carbocycles. The van der Waals surface area contributed by atoms with Gasteiger partial charge in [-0.05, 0) is 30.5 Å². The van der Waals surface area contributed by atoms with E-state index in [1.165, 1.54) is 16.8 Å². The maximum atomic E-state index is 5.71. The summed E-state index contributed by atoms with van der Waals surface area (Å²) in [5, 5.41) is 2.08. The molecule has 0 unspecified atom stereocenters. The summed E-state index contributed by atoms with van der Waals surface area (Å²) in [6.07, 6.45) is 4.02. The fourth-order valence-corrected chi connectivity index (χ4v) is 3.76. The van der Waals surface area contributed by atoms with Gasteiger partial charge in [0.05, 0.1) is 11.4 Å². The van der Waals surface area contributed by atoms with Crippen LogP contribution in [0.5, 0.6) is 0 Å². The summed E-state index contributed by atoms with van der Waals surface area (Å²) in [6.45, 7) is 0.698. The fourth-order valence-electron chi connectivity index (χ4n) is 3.02. The van der Waals surface area contributed by atoms with Crippen LogP contribution in [0.1, 0.15) is 12.1 Å². The number of benzene rings is 2. The van der Waals surface area contributed by atoms with Crippen LogP contribution in [0.15, 0.2) is 66.2 Å². The highest BCUT2D eigenvalue weighted by Crippen LogP contribution is 2.29. The van der Waals surface area contributed by atoms with Crippen LogP contribution in [0, 0.1) is 0 Å². The van der Waals surface area contributed by atoms with E-state index in [0.29, 0.717) is 6.54 Å². The van der Waals surface area contributed by atoms with Gasteiger partial charge in [-0.2, -0.15) is 0 Å². The molecule has 0 fully saturated rings. The lowest BCUT2D eigenvalue weighted by molar-refractivity contribution is 0.805. The van der Waals surface area contributed by atoms with E-state index < -0.39 is 0 Å². The van der Waals surface area contributed by atoms with Crippen LogP contribution in [-0.4, -0.2) is 15.9 Å². The summed E-state index contributed by atoms with van der Waals surface area (Å²) in [4.78, 5) is 5.88. The number of fused-ring (bicyclic) bond motifs is 1. The van der Waals surface area contributed by atoms with Crippen LogP contribution in [0.25, 0.3) is 27.3 Å². The van der Waals surface area contributed by atoms with Crippen LogP contribution in [0.2, 0.25) is 0 Å². The minimum absolute atomic E-state index is 0.698. The largest absolute Gasteiger partial charge is 0.330 e. The van der Waals surface area contributed by atoms with Crippen molar-refractivity contribution in [3.8, 4) is 22.4 Å². The van der Waals surface area contributed by atoms with Crippen molar-refractivity contribution < 1.29 is 0 Å². The highest BCUT2D eigenvalue weighted by molar-refractivity contribution is 7.15. The zero-order valence-electron chi connectivity index (χ0n) is 13.4. The molecule has 2 heterocycles. The predicted octanol–water partition coefficient (Wildman–Crippen LogP) is 4.62. The van der Waals surface area contributed by atoms with Gasteiger partial charge in [0.25, 0.3) is 0 Å². The molecule has 2 N–H and O–H groups in total. The molecule has 24 heavy (non-hydrogen) atoms. The van der Waals surface area contributed by atoms with Crippen molar-refractivity contribution in [2.24, 2.45) is 5.73 Å². The van der Waals surface area contributed by atoms with Crippen molar-refractivity contribution in [3.05, 3.63) is 71.9 Å². The number of hydrogen-bond acceptors (Lipinski definition) is 3. The van der Waals surface area contributed by atoms with Crippen LogP contribution in [0.4, 0.5) is 0 Å². The molecule has 2 aromatic carbocycles. The summed E-state index contributed by atoms with van der Waals surface area (Å²) < 4.78 is 2.20. The minimum Gasteiger partial charge on any atom is -0.330 e. The van der Waals surface area contributed by atoms with Gasteiger partial charge < -0.3 is 5.73 Å². The van der Waals surface area contributed by atoms with Crippen molar-refractivity contribution in [2.75, 3.05) is 6.54 Å². The molecule has 0 saturated heterocycles. The number of imidazole rings is 1. The lowest BCUT2D eigenvalue weighted by Crippen LogP contribution is -2.02. The maximum absolute atomic E-state index is 5.71. The van der Waals surface area contributed by atoms with Gasteiger partial charge in [-0.1, -0.05) is 54.6 Å². The maximum Gasteiger partial charge on any atom is 0.194 e. The lowest BCUT2D eigenvalue weighted by Gasteiger charge is -2.06. The Balaban J connectivity index is 1.73. The number of hydrogen-bond donors (Lipinski definition) is 1. The number of aryl methyl sites for hydroxylation is 1. The molecule has 0 bridgehead atoms. The van der Waals surface area contributed by atoms with Gasteiger partial charge in [-0.15, -0.1) is 11.3 Å². The van der Waals surface area contributed by atoms with Crippen LogP contribution < -0.4 is 5.73 Å². The molecule has 0 saturated carbocycles. The van der Waals surface area contributed by atoms with Gasteiger partial charge in [-0.25, -0.2) is 4.98 Å². The van der Waals surface area contributed by atoms with Gasteiger partial charge in [0, 0.05) is 17.1 Å². The summed E-state index contributed by atoms with van der Waals surface area (Å²) in [5.74, 6) is 0. The third-order valence-corrected chi connectivity index (χ3v) is 5.00. The molecule has 0 radical (unpaired) electrons. The molecule has 4 aromatic rings. The van der Waals surface area contributed by atoms with Gasteiger partial charge >= 0.3 is 0 Å². The Kier molecular flexibility index (Phi) is 4.15. The second kappa shape index (κ2) is 6.59. The standard InChI is InChI=1S/C20H19N3S/c21-12-4-7-18-19(22-20-23(18)13-14-24-20)17-10-8-16(9-11-17)15-5-2-1-3-6-15/h1-3,5-6,8-11,13-14H,4,7,12,21H2. The van der Waals surface area contributed by atoms with Gasteiger partial charge in [0.2, 0.25) is 0 Å². The van der Waals surface area contributed by atoms with E-state index >= 15 is 0 Å². The fraction of sp³-hybridized carbons (Fsp3) is 0.150. The molecular formula is C20H19N3S. The molecule has 2 aromatic heterocycles. The van der Waals surface area contributed by atoms with Crippen LogP contribution in [0.3, 0.4) is 0 Å². The predicted molar refractivity (Wildman–Crippen MR) is 101 cm³/mol. The van der Waals surface area contributed by atoms with E-state index in [9.17, 15) is 0 Å². The molecule has 4 heteroatoms. The Morgan fingerprint density at radius 1 is 0.917 bits per heavy atom. The van der Waals surface area contributed by atoms with E-state index in [0.717, 1.165) is 29.1 Å². The van der Waals surface area contributed by atoms with E-state index in [1.54, 1.807) is 11.3 Å². The quantitative estimate of drug-likeness (QED) is 0.579. The van der Waals surface area contributed by atoms with Crippen molar-refractivity contribution in [1.82, 2.24) is 9.38 Å². The van der Waals surface area contributed by atoms with E-state index in [-0.39, 0.29) is 0 Å². The second-order valence-corrected chi connectivity index (χ2v) is 6.67. The topological polar surface area (TPSA) is 43.3 Å². The second-order valence-electron chi connectivity index (χ2n) is 5.80. The Labute approximate surface area is 145 Å². The first-order valence-electron chi connectivity index (χ1n) is 8.17. The van der Waals surface area contributed by atoms with Crippen molar-refractivity contribution in [3.63, 3.8) is 0 Å². The zero-order valence-corrected chi connectivity index (χ0v) is 14.2.